The van der Waals surface area contributed by atoms with Crippen LogP contribution in [0.1, 0.15) is 26.7 Å². The maximum absolute atomic E-state index is 13.5. The van der Waals surface area contributed by atoms with E-state index >= 15 is 0 Å². The summed E-state index contributed by atoms with van der Waals surface area (Å²) in [5, 5.41) is 9.66. The zero-order chi connectivity index (χ0) is 9.30. The second kappa shape index (κ2) is 3.78. The van der Waals surface area contributed by atoms with Crippen LogP contribution in [0.4, 0.5) is 4.39 Å². The maximum atomic E-state index is 13.5. The summed E-state index contributed by atoms with van der Waals surface area (Å²) in [6, 6.07) is 0. The van der Waals surface area contributed by atoms with E-state index in [1.54, 1.807) is 0 Å². The molecule has 0 saturated heterocycles. The Bertz CT molecular complexity index is 153. The van der Waals surface area contributed by atoms with Gasteiger partial charge in [0, 0.05) is 0 Å². The average Bonchev–Trinajstić information content (AvgIpc) is 2.01. The summed E-state index contributed by atoms with van der Waals surface area (Å²) in [6.45, 7) is 3.91. The van der Waals surface area contributed by atoms with Gasteiger partial charge in [0.15, 0.2) is 0 Å². The van der Waals surface area contributed by atoms with E-state index in [-0.39, 0.29) is 23.8 Å². The first-order valence-electron chi connectivity index (χ1n) is 4.90. The molecule has 0 bridgehead atoms. The molecule has 5 atom stereocenters. The first-order chi connectivity index (χ1) is 5.57. The monoisotopic (exact) mass is 172 g/mol. The Kier molecular flexibility index (Phi) is 3.16. The Labute approximate surface area is 74.8 Å². The lowest BCUT2D eigenvalue weighted by molar-refractivity contribution is 0.00694. The number of aliphatic hydroxyl groups is 1. The molecule has 1 aliphatic rings. The molecule has 0 radical (unpaired) electrons. The predicted octanol–water partition coefficient (Wildman–Crippen LogP) is 1.17. The van der Waals surface area contributed by atoms with Gasteiger partial charge in [0.2, 0.25) is 0 Å². The number of rotatable bonds is 1. The van der Waals surface area contributed by atoms with Crippen molar-refractivity contribution in [3.8, 4) is 0 Å². The molecule has 1 fully saturated rings. The van der Waals surface area contributed by atoms with E-state index in [2.05, 4.69) is 0 Å². The molecule has 0 aliphatic heterocycles. The van der Waals surface area contributed by atoms with Crippen molar-refractivity contribution >= 4 is 7.85 Å². The lowest BCUT2D eigenvalue weighted by Gasteiger charge is -2.39. The largest absolute Gasteiger partial charge is 0.393 e. The molecule has 12 heavy (non-hydrogen) atoms. The van der Waals surface area contributed by atoms with Crippen molar-refractivity contribution in [2.75, 3.05) is 0 Å². The highest BCUT2D eigenvalue weighted by atomic mass is 19.1. The van der Waals surface area contributed by atoms with Crippen LogP contribution in [0.25, 0.3) is 0 Å². The minimum Gasteiger partial charge on any atom is -0.393 e. The molecule has 1 N–H and O–H groups in total. The fraction of sp³-hybridized carbons (Fsp3) is 1.00. The van der Waals surface area contributed by atoms with E-state index in [0.717, 1.165) is 6.42 Å². The molecule has 1 nitrogen and oxygen atoms in total. The van der Waals surface area contributed by atoms with Gasteiger partial charge >= 0.3 is 0 Å². The molecule has 0 aromatic rings. The Morgan fingerprint density at radius 1 is 1.58 bits per heavy atom. The zero-order valence-electron chi connectivity index (χ0n) is 8.13. The molecular formula is C9H18BFO. The van der Waals surface area contributed by atoms with Gasteiger partial charge in [0.05, 0.1) is 12.3 Å². The molecule has 1 saturated carbocycles. The molecule has 0 amide bonds. The van der Waals surface area contributed by atoms with Crippen LogP contribution in [0, 0.1) is 11.8 Å². The minimum atomic E-state index is -0.724. The highest BCUT2D eigenvalue weighted by Gasteiger charge is 2.38. The van der Waals surface area contributed by atoms with Crippen LogP contribution < -0.4 is 0 Å². The normalized spacial score (nSPS) is 49.2. The van der Waals surface area contributed by atoms with Crippen LogP contribution in [0.3, 0.4) is 0 Å². The van der Waals surface area contributed by atoms with Gasteiger partial charge in [0.25, 0.3) is 0 Å². The fourth-order valence-corrected chi connectivity index (χ4v) is 2.43. The molecular weight excluding hydrogens is 154 g/mol. The van der Waals surface area contributed by atoms with E-state index in [9.17, 15) is 9.50 Å². The maximum Gasteiger partial charge on any atom is 0.109 e. The smallest absolute Gasteiger partial charge is 0.109 e. The number of hydrogen-bond donors (Lipinski definition) is 1. The van der Waals surface area contributed by atoms with Gasteiger partial charge in [0.1, 0.15) is 7.85 Å². The molecule has 1 aliphatic carbocycles. The van der Waals surface area contributed by atoms with Crippen LogP contribution in [0.5, 0.6) is 0 Å². The summed E-state index contributed by atoms with van der Waals surface area (Å²) in [5.41, 5.74) is 0. The fourth-order valence-electron chi connectivity index (χ4n) is 2.43. The first kappa shape index (κ1) is 10.0. The Hall–Kier alpha value is -0.0451. The van der Waals surface area contributed by atoms with Crippen molar-refractivity contribution in [2.24, 2.45) is 11.8 Å². The molecule has 0 spiro atoms. The zero-order valence-corrected chi connectivity index (χ0v) is 8.13. The van der Waals surface area contributed by atoms with E-state index < -0.39 is 6.17 Å². The molecule has 0 aromatic heterocycles. The van der Waals surface area contributed by atoms with Gasteiger partial charge in [-0.15, -0.1) is 0 Å². The Morgan fingerprint density at radius 2 is 2.17 bits per heavy atom. The molecule has 0 heterocycles. The second-order valence-corrected chi connectivity index (χ2v) is 4.16. The number of hydrogen-bond acceptors (Lipinski definition) is 1. The molecule has 70 valence electrons. The quantitative estimate of drug-likeness (QED) is 0.588. The lowest BCUT2D eigenvalue weighted by atomic mass is 9.62. The van der Waals surface area contributed by atoms with Crippen molar-refractivity contribution in [2.45, 2.75) is 44.8 Å². The third-order valence-electron chi connectivity index (χ3n) is 3.30. The summed E-state index contributed by atoms with van der Waals surface area (Å²) < 4.78 is 13.5. The molecule has 1 rings (SSSR count). The Balaban J connectivity index is 2.65. The van der Waals surface area contributed by atoms with E-state index in [4.69, 9.17) is 0 Å². The van der Waals surface area contributed by atoms with Gasteiger partial charge in [-0.2, -0.15) is 0 Å². The predicted molar refractivity (Wildman–Crippen MR) is 50.8 cm³/mol. The van der Waals surface area contributed by atoms with Gasteiger partial charge in [-0.1, -0.05) is 20.3 Å². The van der Waals surface area contributed by atoms with Crippen molar-refractivity contribution in [3.63, 3.8) is 0 Å². The standard InChI is InChI=1S/C9H18BFO/c1-3-6-7(12)4-5(2)9(11)8(6)10/h5-9,12H,3-4,10H2,1-2H3/t5?,6?,7-,8?,9?/m1/s1. The molecule has 4 unspecified atom stereocenters. The number of halogens is 1. The topological polar surface area (TPSA) is 20.2 Å². The third kappa shape index (κ3) is 1.66. The van der Waals surface area contributed by atoms with E-state index in [0.29, 0.717) is 6.42 Å². The van der Waals surface area contributed by atoms with Crippen molar-refractivity contribution in [3.05, 3.63) is 0 Å². The molecule has 3 heteroatoms. The van der Waals surface area contributed by atoms with Gasteiger partial charge < -0.3 is 5.11 Å². The third-order valence-corrected chi connectivity index (χ3v) is 3.30. The highest BCUT2D eigenvalue weighted by molar-refractivity contribution is 6.12. The minimum absolute atomic E-state index is 0.0220. The van der Waals surface area contributed by atoms with Crippen LogP contribution in [-0.2, 0) is 0 Å². The first-order valence-corrected chi connectivity index (χ1v) is 4.90. The van der Waals surface area contributed by atoms with Gasteiger partial charge in [-0.05, 0) is 24.1 Å². The van der Waals surface area contributed by atoms with Crippen LogP contribution >= 0.6 is 0 Å². The molecule has 0 aromatic carbocycles. The number of aliphatic hydroxyl groups excluding tert-OH is 1. The van der Waals surface area contributed by atoms with E-state index in [1.807, 2.05) is 21.7 Å². The summed E-state index contributed by atoms with van der Waals surface area (Å²) in [6.07, 6.45) is 0.504. The summed E-state index contributed by atoms with van der Waals surface area (Å²) in [5.74, 6) is 0.211. The van der Waals surface area contributed by atoms with Crippen LogP contribution in [0.2, 0.25) is 5.82 Å². The average molecular weight is 172 g/mol. The SMILES string of the molecule is BC1C(F)C(C)C[C@@H](O)C1CC. The highest BCUT2D eigenvalue weighted by Crippen LogP contribution is 2.39. The Morgan fingerprint density at radius 3 is 2.67 bits per heavy atom. The summed E-state index contributed by atoms with van der Waals surface area (Å²) in [7, 11) is 1.91. The van der Waals surface area contributed by atoms with Crippen molar-refractivity contribution in [1.82, 2.24) is 0 Å². The van der Waals surface area contributed by atoms with Gasteiger partial charge in [-0.25, -0.2) is 4.39 Å². The van der Waals surface area contributed by atoms with Gasteiger partial charge in [-0.3, -0.25) is 0 Å². The van der Waals surface area contributed by atoms with Crippen LogP contribution in [0.15, 0.2) is 0 Å². The summed E-state index contributed by atoms with van der Waals surface area (Å²) in [4.78, 5) is 0. The second-order valence-electron chi connectivity index (χ2n) is 4.16. The van der Waals surface area contributed by atoms with E-state index in [1.165, 1.54) is 0 Å². The van der Waals surface area contributed by atoms with Crippen molar-refractivity contribution < 1.29 is 9.50 Å². The summed E-state index contributed by atoms with van der Waals surface area (Å²) >= 11 is 0. The van der Waals surface area contributed by atoms with Crippen molar-refractivity contribution in [1.29, 1.82) is 0 Å². The number of alkyl halides is 1. The lowest BCUT2D eigenvalue weighted by Crippen LogP contribution is -2.40. The van der Waals surface area contributed by atoms with Crippen LogP contribution in [-0.4, -0.2) is 25.2 Å².